The molecular weight excluding hydrogens is 751 g/mol. The number of methoxy groups -OCH3 is 3. The van der Waals surface area contributed by atoms with Gasteiger partial charge in [0.25, 0.3) is 5.56 Å². The number of likely N-dealkylation sites (tertiary alicyclic amines) is 1. The molecule has 55 heavy (non-hydrogen) atoms. The molecule has 1 aliphatic rings. The van der Waals surface area contributed by atoms with Crippen LogP contribution in [-0.2, 0) is 29.0 Å². The number of nitrogens with one attached hydrogen (secondary N) is 2. The molecule has 1 saturated heterocycles. The van der Waals surface area contributed by atoms with Crippen molar-refractivity contribution in [3.05, 3.63) is 81.9 Å². The third-order valence-corrected chi connectivity index (χ3v) is 11.1. The van der Waals surface area contributed by atoms with Crippen molar-refractivity contribution in [3.63, 3.8) is 0 Å². The standard InChI is InChI=1S/C36H38F3N5O10S/c1-19(2)55(49,50)30-14-11-23(44(35(48)53-6)54-34(47)36(37,38)39)18-25(30)27-8-7-15-43(27)33(46)31(21-9-13-28(51-4)29(16-21)52-5)42-22-10-12-26-24(17-22)32(45)41-20(3)40-26/h9-14,16-19,27,31,42H,7-8,15H2,1-6H3,(H,40,41,45)/t27?,31-/m1/s1. The minimum atomic E-state index is -5.50. The van der Waals surface area contributed by atoms with E-state index < -0.39 is 62.6 Å². The average Bonchev–Trinajstić information content (AvgIpc) is 3.64. The summed E-state index contributed by atoms with van der Waals surface area (Å²) in [5, 5.41) is 2.43. The Labute approximate surface area is 313 Å². The molecule has 294 valence electrons. The molecule has 1 aromatic heterocycles. The number of amides is 2. The van der Waals surface area contributed by atoms with Crippen LogP contribution in [-0.4, -0.2) is 80.6 Å². The van der Waals surface area contributed by atoms with Gasteiger partial charge in [-0.3, -0.25) is 9.59 Å². The lowest BCUT2D eigenvalue weighted by Gasteiger charge is -2.32. The summed E-state index contributed by atoms with van der Waals surface area (Å²) in [6, 6.07) is 10.5. The Hall–Kier alpha value is -5.85. The molecule has 5 rings (SSSR count). The number of alkyl halides is 3. The summed E-state index contributed by atoms with van der Waals surface area (Å²) in [5.41, 5.74) is 0.253. The number of carbonyl (C=O) groups excluding carboxylic acids is 3. The Kier molecular flexibility index (Phi) is 11.6. The third-order valence-electron chi connectivity index (χ3n) is 8.92. The van der Waals surface area contributed by atoms with Gasteiger partial charge < -0.3 is 34.2 Å². The average molecular weight is 790 g/mol. The monoisotopic (exact) mass is 789 g/mol. The van der Waals surface area contributed by atoms with Crippen LogP contribution in [0.3, 0.4) is 0 Å². The highest BCUT2D eigenvalue weighted by Crippen LogP contribution is 2.41. The highest BCUT2D eigenvalue weighted by molar-refractivity contribution is 7.92. The Bertz CT molecular complexity index is 2300. The maximum absolute atomic E-state index is 14.9. The molecule has 15 nitrogen and oxygen atoms in total. The molecule has 1 unspecified atom stereocenters. The first kappa shape index (κ1) is 40.3. The Morgan fingerprint density at radius 3 is 2.35 bits per heavy atom. The molecule has 0 spiro atoms. The predicted molar refractivity (Wildman–Crippen MR) is 192 cm³/mol. The number of hydrogen-bond donors (Lipinski definition) is 2. The minimum absolute atomic E-state index is 0.0428. The Morgan fingerprint density at radius 2 is 1.71 bits per heavy atom. The lowest BCUT2D eigenvalue weighted by molar-refractivity contribution is -0.200. The van der Waals surface area contributed by atoms with Gasteiger partial charge in [0.1, 0.15) is 11.9 Å². The maximum Gasteiger partial charge on any atom is 0.493 e. The van der Waals surface area contributed by atoms with Crippen molar-refractivity contribution in [2.45, 2.75) is 62.0 Å². The van der Waals surface area contributed by atoms with Crippen LogP contribution in [0.25, 0.3) is 10.9 Å². The molecule has 2 amide bonds. The molecular formula is C36H38F3N5O10S. The number of fused-ring (bicyclic) bond motifs is 1. The maximum atomic E-state index is 14.9. The summed E-state index contributed by atoms with van der Waals surface area (Å²) >= 11 is 0. The van der Waals surface area contributed by atoms with Gasteiger partial charge in [-0.2, -0.15) is 13.2 Å². The molecule has 2 atom stereocenters. The van der Waals surface area contributed by atoms with E-state index in [2.05, 4.69) is 24.9 Å². The number of aromatic amines is 1. The highest BCUT2D eigenvalue weighted by Gasteiger charge is 2.45. The summed E-state index contributed by atoms with van der Waals surface area (Å²) < 4.78 is 82.6. The van der Waals surface area contributed by atoms with Crippen molar-refractivity contribution in [2.75, 3.05) is 38.3 Å². The van der Waals surface area contributed by atoms with Crippen molar-refractivity contribution >= 4 is 50.1 Å². The van der Waals surface area contributed by atoms with Crippen molar-refractivity contribution in [3.8, 4) is 11.5 Å². The SMILES string of the molecule is COC(=O)N(OC(=O)C(F)(F)F)c1ccc(S(=O)(=O)C(C)C)c(C2CCCN2C(=O)[C@H](Nc2ccc3nc(C)[nH]c(=O)c3c2)c2ccc(OC)c(OC)c2)c1. The van der Waals surface area contributed by atoms with Crippen LogP contribution < -0.4 is 25.4 Å². The summed E-state index contributed by atoms with van der Waals surface area (Å²) in [7, 11) is -0.416. The van der Waals surface area contributed by atoms with Crippen LogP contribution in [0.2, 0.25) is 0 Å². The van der Waals surface area contributed by atoms with Crippen molar-refractivity contribution in [1.82, 2.24) is 14.9 Å². The van der Waals surface area contributed by atoms with Crippen LogP contribution in [0.1, 0.15) is 55.7 Å². The fourth-order valence-corrected chi connectivity index (χ4v) is 7.49. The zero-order valence-electron chi connectivity index (χ0n) is 30.5. The van der Waals surface area contributed by atoms with Crippen molar-refractivity contribution in [1.29, 1.82) is 0 Å². The summed E-state index contributed by atoms with van der Waals surface area (Å²) in [4.78, 5) is 64.7. The number of rotatable bonds is 10. The Morgan fingerprint density at radius 1 is 1.00 bits per heavy atom. The number of anilines is 2. The van der Waals surface area contributed by atoms with Gasteiger partial charge in [0, 0.05) is 12.2 Å². The molecule has 0 bridgehead atoms. The van der Waals surface area contributed by atoms with E-state index in [0.29, 0.717) is 40.5 Å². The number of hydroxylamine groups is 1. The third kappa shape index (κ3) is 8.30. The second-order valence-electron chi connectivity index (χ2n) is 12.7. The van der Waals surface area contributed by atoms with E-state index in [4.69, 9.17) is 9.47 Å². The number of aryl methyl sites for hydroxylation is 1. The highest BCUT2D eigenvalue weighted by atomic mass is 32.2. The first-order chi connectivity index (χ1) is 25.9. The molecule has 2 N–H and O–H groups in total. The second-order valence-corrected chi connectivity index (χ2v) is 15.2. The summed E-state index contributed by atoms with van der Waals surface area (Å²) in [6.45, 7) is 4.61. The molecule has 1 aliphatic heterocycles. The number of halogens is 3. The van der Waals surface area contributed by atoms with E-state index >= 15 is 0 Å². The fraction of sp³-hybridized carbons (Fsp3) is 0.361. The molecule has 1 fully saturated rings. The lowest BCUT2D eigenvalue weighted by atomic mass is 10.0. The van der Waals surface area contributed by atoms with Gasteiger partial charge in [-0.05, 0) is 93.3 Å². The van der Waals surface area contributed by atoms with Gasteiger partial charge in [0.2, 0.25) is 5.91 Å². The van der Waals surface area contributed by atoms with E-state index in [-0.39, 0.29) is 33.9 Å². The summed E-state index contributed by atoms with van der Waals surface area (Å²) in [5.74, 6) is -2.22. The van der Waals surface area contributed by atoms with Gasteiger partial charge >= 0.3 is 18.2 Å². The van der Waals surface area contributed by atoms with Crippen LogP contribution in [0.15, 0.2) is 64.3 Å². The number of aromatic nitrogens is 2. The largest absolute Gasteiger partial charge is 0.493 e. The van der Waals surface area contributed by atoms with E-state index in [1.807, 2.05) is 0 Å². The van der Waals surface area contributed by atoms with Crippen LogP contribution in [0.4, 0.5) is 29.3 Å². The van der Waals surface area contributed by atoms with Crippen molar-refractivity contribution < 1.29 is 55.0 Å². The topological polar surface area (TPSA) is 187 Å². The Balaban J connectivity index is 1.65. The normalized spacial score (nSPS) is 15.1. The van der Waals surface area contributed by atoms with Gasteiger partial charge in [0.05, 0.1) is 54.1 Å². The summed E-state index contributed by atoms with van der Waals surface area (Å²) in [6.07, 6.45) is -6.43. The fourth-order valence-electron chi connectivity index (χ4n) is 6.20. The molecule has 0 aliphatic carbocycles. The van der Waals surface area contributed by atoms with E-state index in [1.54, 1.807) is 37.3 Å². The number of benzene rings is 3. The van der Waals surface area contributed by atoms with Crippen LogP contribution in [0.5, 0.6) is 11.5 Å². The van der Waals surface area contributed by atoms with E-state index in [9.17, 15) is 40.8 Å². The van der Waals surface area contributed by atoms with Crippen molar-refractivity contribution in [2.24, 2.45) is 0 Å². The molecule has 4 aromatic rings. The number of carbonyl (C=O) groups is 3. The zero-order valence-corrected chi connectivity index (χ0v) is 31.3. The van der Waals surface area contributed by atoms with Gasteiger partial charge in [-0.1, -0.05) is 6.07 Å². The quantitative estimate of drug-likeness (QED) is 0.191. The first-order valence-electron chi connectivity index (χ1n) is 16.8. The number of hydrogen-bond acceptors (Lipinski definition) is 12. The van der Waals surface area contributed by atoms with E-state index in [0.717, 1.165) is 25.3 Å². The van der Waals surface area contributed by atoms with Gasteiger partial charge in [-0.15, -0.1) is 5.06 Å². The molecule has 0 saturated carbocycles. The smallest absolute Gasteiger partial charge is 0.493 e. The number of sulfone groups is 1. The van der Waals surface area contributed by atoms with Crippen LogP contribution in [0, 0.1) is 6.92 Å². The molecule has 0 radical (unpaired) electrons. The predicted octanol–water partition coefficient (Wildman–Crippen LogP) is 5.54. The number of nitrogens with zero attached hydrogens (tertiary/aromatic N) is 3. The second kappa shape index (κ2) is 15.9. The van der Waals surface area contributed by atoms with Gasteiger partial charge in [0.15, 0.2) is 21.3 Å². The minimum Gasteiger partial charge on any atom is -0.493 e. The van der Waals surface area contributed by atoms with Gasteiger partial charge in [-0.25, -0.2) is 23.0 Å². The molecule has 2 heterocycles. The first-order valence-corrected chi connectivity index (χ1v) is 18.3. The van der Waals surface area contributed by atoms with Crippen LogP contribution >= 0.6 is 0 Å². The zero-order chi connectivity index (χ0) is 40.4. The van der Waals surface area contributed by atoms with E-state index in [1.165, 1.54) is 39.0 Å². The number of ether oxygens (including phenoxy) is 3. The molecule has 3 aromatic carbocycles. The lowest BCUT2D eigenvalue weighted by Crippen LogP contribution is -2.39. The number of H-pyrrole nitrogens is 1. The molecule has 19 heteroatoms.